The molecule has 2 atom stereocenters. The molecular formula is C20H26ClN3O4. The lowest BCUT2D eigenvalue weighted by atomic mass is 9.84. The smallest absolute Gasteiger partial charge is 0.291 e. The third-order valence-electron chi connectivity index (χ3n) is 4.77. The van der Waals surface area contributed by atoms with Gasteiger partial charge in [-0.2, -0.15) is 0 Å². The van der Waals surface area contributed by atoms with E-state index in [0.717, 1.165) is 19.3 Å². The second-order valence-electron chi connectivity index (χ2n) is 6.70. The Kier molecular flexibility index (Phi) is 8.35. The Morgan fingerprint density at radius 1 is 1.18 bits per heavy atom. The van der Waals surface area contributed by atoms with Gasteiger partial charge in [0.25, 0.3) is 11.8 Å². The third kappa shape index (κ3) is 6.00. The van der Waals surface area contributed by atoms with Crippen LogP contribution in [-0.4, -0.2) is 31.0 Å². The molecule has 0 saturated heterocycles. The van der Waals surface area contributed by atoms with Crippen molar-refractivity contribution in [1.29, 1.82) is 0 Å². The minimum absolute atomic E-state index is 0. The van der Waals surface area contributed by atoms with Gasteiger partial charge in [0.15, 0.2) is 12.4 Å². The zero-order valence-corrected chi connectivity index (χ0v) is 16.4. The van der Waals surface area contributed by atoms with Crippen LogP contribution in [0.15, 0.2) is 47.1 Å². The summed E-state index contributed by atoms with van der Waals surface area (Å²) in [7, 11) is 0. The molecule has 1 heterocycles. The first kappa shape index (κ1) is 21.8. The Balaban J connectivity index is 0.00000280. The molecule has 1 aliphatic carbocycles. The topological polar surface area (TPSA) is 107 Å². The first-order chi connectivity index (χ1) is 13.2. The highest BCUT2D eigenvalue weighted by molar-refractivity contribution is 6.02. The average Bonchev–Trinajstić information content (AvgIpc) is 3.22. The molecule has 2 amide bonds. The molecule has 1 saturated carbocycles. The molecule has 0 radical (unpaired) electrons. The number of amides is 2. The predicted molar refractivity (Wildman–Crippen MR) is 109 cm³/mol. The van der Waals surface area contributed by atoms with Crippen molar-refractivity contribution in [1.82, 2.24) is 5.32 Å². The Morgan fingerprint density at radius 3 is 2.75 bits per heavy atom. The zero-order chi connectivity index (χ0) is 19.1. The molecule has 4 N–H and O–H groups in total. The molecule has 2 aromatic rings. The van der Waals surface area contributed by atoms with Gasteiger partial charge < -0.3 is 25.5 Å². The van der Waals surface area contributed by atoms with Gasteiger partial charge in [0, 0.05) is 17.8 Å². The third-order valence-corrected chi connectivity index (χ3v) is 4.77. The molecule has 0 spiro atoms. The highest BCUT2D eigenvalue weighted by Crippen LogP contribution is 2.23. The minimum Gasteiger partial charge on any atom is -0.484 e. The molecule has 2 unspecified atom stereocenters. The number of hydrogen-bond donors (Lipinski definition) is 3. The van der Waals surface area contributed by atoms with Crippen molar-refractivity contribution in [2.45, 2.75) is 31.7 Å². The second-order valence-corrected chi connectivity index (χ2v) is 6.70. The Hall–Kier alpha value is -2.51. The Morgan fingerprint density at radius 2 is 2.00 bits per heavy atom. The number of ether oxygens (including phenoxy) is 1. The maximum Gasteiger partial charge on any atom is 0.291 e. The number of anilines is 1. The average molecular weight is 408 g/mol. The number of halogens is 1. The van der Waals surface area contributed by atoms with Gasteiger partial charge in [-0.1, -0.05) is 18.9 Å². The quantitative estimate of drug-likeness (QED) is 0.654. The summed E-state index contributed by atoms with van der Waals surface area (Å²) in [6.45, 7) is 0.507. The van der Waals surface area contributed by atoms with Gasteiger partial charge >= 0.3 is 0 Å². The van der Waals surface area contributed by atoms with Gasteiger partial charge in [0.1, 0.15) is 5.75 Å². The summed E-state index contributed by atoms with van der Waals surface area (Å²) < 4.78 is 10.6. The summed E-state index contributed by atoms with van der Waals surface area (Å²) in [6, 6.07) is 10.2. The van der Waals surface area contributed by atoms with Crippen molar-refractivity contribution in [3.8, 4) is 5.75 Å². The van der Waals surface area contributed by atoms with Crippen molar-refractivity contribution < 1.29 is 18.7 Å². The van der Waals surface area contributed by atoms with Gasteiger partial charge in [0.2, 0.25) is 0 Å². The molecule has 0 bridgehead atoms. The van der Waals surface area contributed by atoms with Crippen LogP contribution in [0.4, 0.5) is 5.69 Å². The minimum atomic E-state index is -0.347. The molecule has 28 heavy (non-hydrogen) atoms. The van der Waals surface area contributed by atoms with Crippen molar-refractivity contribution in [3.05, 3.63) is 48.4 Å². The molecule has 8 heteroatoms. The number of carbonyl (C=O) groups is 2. The number of carbonyl (C=O) groups excluding carboxylic acids is 2. The van der Waals surface area contributed by atoms with E-state index >= 15 is 0 Å². The first-order valence-electron chi connectivity index (χ1n) is 9.23. The highest BCUT2D eigenvalue weighted by Gasteiger charge is 2.25. The van der Waals surface area contributed by atoms with E-state index in [1.807, 2.05) is 0 Å². The second kappa shape index (κ2) is 10.7. The molecule has 1 aromatic carbocycles. The summed E-state index contributed by atoms with van der Waals surface area (Å²) in [5, 5.41) is 5.75. The standard InChI is InChI=1S/C20H25N3O4.ClH/c21-12-14-5-1-2-8-17(14)23-19(24)13-27-16-7-3-6-15(11-16)22-20(25)18-9-4-10-26-18;/h3-4,6-7,9-11,14,17H,1-2,5,8,12-13,21H2,(H,22,25)(H,23,24);1H. The van der Waals surface area contributed by atoms with E-state index in [0.29, 0.717) is 23.9 Å². The Labute approximate surface area is 170 Å². The van der Waals surface area contributed by atoms with Gasteiger partial charge in [-0.05, 0) is 49.6 Å². The van der Waals surface area contributed by atoms with Crippen molar-refractivity contribution in [3.63, 3.8) is 0 Å². The van der Waals surface area contributed by atoms with Crippen molar-refractivity contribution in [2.75, 3.05) is 18.5 Å². The molecule has 152 valence electrons. The van der Waals surface area contributed by atoms with Crippen LogP contribution >= 0.6 is 12.4 Å². The zero-order valence-electron chi connectivity index (χ0n) is 15.6. The number of nitrogens with one attached hydrogen (secondary N) is 2. The van der Waals surface area contributed by atoms with Gasteiger partial charge in [-0.3, -0.25) is 9.59 Å². The molecule has 3 rings (SSSR count). The van der Waals surface area contributed by atoms with Crippen LogP contribution in [0.3, 0.4) is 0 Å². The fraction of sp³-hybridized carbons (Fsp3) is 0.400. The molecular weight excluding hydrogens is 382 g/mol. The van der Waals surface area contributed by atoms with Crippen LogP contribution in [0.25, 0.3) is 0 Å². The predicted octanol–water partition coefficient (Wildman–Crippen LogP) is 2.97. The van der Waals surface area contributed by atoms with Crippen LogP contribution in [-0.2, 0) is 4.79 Å². The summed E-state index contributed by atoms with van der Waals surface area (Å²) in [5.74, 6) is 0.553. The highest BCUT2D eigenvalue weighted by atomic mass is 35.5. The molecule has 1 aliphatic rings. The number of hydrogen-bond acceptors (Lipinski definition) is 5. The maximum absolute atomic E-state index is 12.2. The van der Waals surface area contributed by atoms with Crippen LogP contribution in [0.5, 0.6) is 5.75 Å². The normalized spacial score (nSPS) is 18.6. The van der Waals surface area contributed by atoms with E-state index < -0.39 is 0 Å². The van der Waals surface area contributed by atoms with Gasteiger partial charge in [0.05, 0.1) is 6.26 Å². The van der Waals surface area contributed by atoms with Crippen LogP contribution < -0.4 is 21.1 Å². The van der Waals surface area contributed by atoms with E-state index in [1.165, 1.54) is 12.7 Å². The fourth-order valence-corrected chi connectivity index (χ4v) is 3.34. The van der Waals surface area contributed by atoms with Gasteiger partial charge in [-0.15, -0.1) is 12.4 Å². The molecule has 7 nitrogen and oxygen atoms in total. The van der Waals surface area contributed by atoms with E-state index in [2.05, 4.69) is 10.6 Å². The lowest BCUT2D eigenvalue weighted by Gasteiger charge is -2.31. The lowest BCUT2D eigenvalue weighted by Crippen LogP contribution is -2.46. The van der Waals surface area contributed by atoms with Gasteiger partial charge in [-0.25, -0.2) is 0 Å². The van der Waals surface area contributed by atoms with Crippen LogP contribution in [0.2, 0.25) is 0 Å². The number of rotatable bonds is 7. The monoisotopic (exact) mass is 407 g/mol. The summed E-state index contributed by atoms with van der Waals surface area (Å²) >= 11 is 0. The summed E-state index contributed by atoms with van der Waals surface area (Å²) in [4.78, 5) is 24.2. The first-order valence-corrected chi connectivity index (χ1v) is 9.23. The van der Waals surface area contributed by atoms with Crippen LogP contribution in [0.1, 0.15) is 36.2 Å². The Bertz CT molecular complexity index is 767. The number of benzene rings is 1. The lowest BCUT2D eigenvalue weighted by molar-refractivity contribution is -0.124. The summed E-state index contributed by atoms with van der Waals surface area (Å²) in [6.07, 6.45) is 5.73. The largest absolute Gasteiger partial charge is 0.484 e. The van der Waals surface area contributed by atoms with E-state index in [4.69, 9.17) is 14.9 Å². The summed E-state index contributed by atoms with van der Waals surface area (Å²) in [5.41, 5.74) is 6.36. The number of furan rings is 1. The van der Waals surface area contributed by atoms with Crippen molar-refractivity contribution >= 4 is 29.9 Å². The van der Waals surface area contributed by atoms with Crippen molar-refractivity contribution in [2.24, 2.45) is 11.7 Å². The maximum atomic E-state index is 12.2. The van der Waals surface area contributed by atoms with E-state index in [-0.39, 0.29) is 42.6 Å². The molecule has 1 fully saturated rings. The number of nitrogens with two attached hydrogens (primary N) is 1. The SMILES string of the molecule is Cl.NCC1CCCCC1NC(=O)COc1cccc(NC(=O)c2ccco2)c1. The van der Waals surface area contributed by atoms with E-state index in [9.17, 15) is 9.59 Å². The molecule has 1 aromatic heterocycles. The van der Waals surface area contributed by atoms with Crippen LogP contribution in [0, 0.1) is 5.92 Å². The molecule has 0 aliphatic heterocycles. The fourth-order valence-electron chi connectivity index (χ4n) is 3.34. The van der Waals surface area contributed by atoms with E-state index in [1.54, 1.807) is 36.4 Å².